The third kappa shape index (κ3) is 5.56. The quantitative estimate of drug-likeness (QED) is 0.255. The van der Waals surface area contributed by atoms with Gasteiger partial charge < -0.3 is 14.5 Å². The molecule has 0 unspecified atom stereocenters. The van der Waals surface area contributed by atoms with Crippen LogP contribution in [0.1, 0.15) is 18.1 Å². The Hall–Kier alpha value is -3.58. The van der Waals surface area contributed by atoms with Crippen LogP contribution in [0.4, 0.5) is 0 Å². The van der Waals surface area contributed by atoms with Crippen LogP contribution >= 0.6 is 15.9 Å². The van der Waals surface area contributed by atoms with E-state index in [9.17, 15) is 4.79 Å². The lowest BCUT2D eigenvalue weighted by Gasteiger charge is -2.13. The van der Waals surface area contributed by atoms with Crippen LogP contribution in [0.2, 0.25) is 0 Å². The van der Waals surface area contributed by atoms with Gasteiger partial charge in [0.2, 0.25) is 0 Å². The van der Waals surface area contributed by atoms with Crippen molar-refractivity contribution in [3.05, 3.63) is 94.6 Å². The molecule has 0 spiro atoms. The number of carbonyl (C=O) groups excluding carboxylic acids is 1. The van der Waals surface area contributed by atoms with E-state index in [1.807, 2.05) is 66.9 Å². The van der Waals surface area contributed by atoms with Crippen LogP contribution in [0.15, 0.2) is 88.6 Å². The third-order valence-corrected chi connectivity index (χ3v) is 5.30. The second-order valence-electron chi connectivity index (χ2n) is 7.17. The zero-order chi connectivity index (χ0) is 22.3. The molecule has 0 saturated heterocycles. The summed E-state index contributed by atoms with van der Waals surface area (Å²) in [5.74, 6) is 0.963. The molecule has 3 aromatic carbocycles. The Morgan fingerprint density at radius 3 is 2.62 bits per heavy atom. The lowest BCUT2D eigenvalue weighted by atomic mass is 10.2. The Balaban J connectivity index is 1.28. The molecule has 7 heteroatoms. The molecular formula is C25H22BrN3O3. The normalized spacial score (nSPS) is 12.1. The topological polar surface area (TPSA) is 75.7 Å². The van der Waals surface area contributed by atoms with Crippen molar-refractivity contribution in [3.8, 4) is 11.5 Å². The van der Waals surface area contributed by atoms with Gasteiger partial charge in [0.15, 0.2) is 6.10 Å². The molecule has 0 aliphatic heterocycles. The summed E-state index contributed by atoms with van der Waals surface area (Å²) in [5.41, 5.74) is 5.49. The lowest BCUT2D eigenvalue weighted by molar-refractivity contribution is -0.127. The van der Waals surface area contributed by atoms with E-state index < -0.39 is 6.10 Å². The zero-order valence-electron chi connectivity index (χ0n) is 17.4. The summed E-state index contributed by atoms with van der Waals surface area (Å²) in [4.78, 5) is 15.5. The SMILES string of the molecule is C[C@@H](Oc1ccc(OCc2ccccc2)cc1)C(=O)NN=Cc1c[nH]c2ccc(Br)cc12. The summed E-state index contributed by atoms with van der Waals surface area (Å²) < 4.78 is 12.5. The minimum Gasteiger partial charge on any atom is -0.489 e. The molecule has 4 rings (SSSR count). The van der Waals surface area contributed by atoms with E-state index in [1.165, 1.54) is 0 Å². The van der Waals surface area contributed by atoms with E-state index in [0.717, 1.165) is 32.3 Å². The van der Waals surface area contributed by atoms with E-state index in [4.69, 9.17) is 9.47 Å². The van der Waals surface area contributed by atoms with Gasteiger partial charge in [0, 0.05) is 27.1 Å². The largest absolute Gasteiger partial charge is 0.489 e. The number of carbonyl (C=O) groups is 1. The molecule has 2 N–H and O–H groups in total. The fourth-order valence-electron chi connectivity index (χ4n) is 3.09. The Morgan fingerprint density at radius 1 is 1.09 bits per heavy atom. The van der Waals surface area contributed by atoms with Gasteiger partial charge in [-0.2, -0.15) is 5.10 Å². The maximum Gasteiger partial charge on any atom is 0.280 e. The van der Waals surface area contributed by atoms with Crippen molar-refractivity contribution in [3.63, 3.8) is 0 Å². The smallest absolute Gasteiger partial charge is 0.280 e. The molecule has 1 amide bonds. The van der Waals surface area contributed by atoms with E-state index >= 15 is 0 Å². The first-order valence-corrected chi connectivity index (χ1v) is 10.9. The van der Waals surface area contributed by atoms with Crippen molar-refractivity contribution in [1.82, 2.24) is 10.4 Å². The second kappa shape index (κ2) is 10.2. The van der Waals surface area contributed by atoms with E-state index in [-0.39, 0.29) is 5.91 Å². The number of hydrogen-bond acceptors (Lipinski definition) is 4. The second-order valence-corrected chi connectivity index (χ2v) is 8.09. The average Bonchev–Trinajstić information content (AvgIpc) is 3.21. The molecule has 162 valence electrons. The fourth-order valence-corrected chi connectivity index (χ4v) is 3.45. The molecule has 0 aliphatic rings. The lowest BCUT2D eigenvalue weighted by Crippen LogP contribution is -2.33. The predicted octanol–water partition coefficient (Wildman–Crippen LogP) is 5.43. The van der Waals surface area contributed by atoms with E-state index in [2.05, 4.69) is 31.4 Å². The number of fused-ring (bicyclic) bond motifs is 1. The predicted molar refractivity (Wildman–Crippen MR) is 129 cm³/mol. The van der Waals surface area contributed by atoms with Gasteiger partial charge in [-0.3, -0.25) is 4.79 Å². The van der Waals surface area contributed by atoms with Crippen LogP contribution < -0.4 is 14.9 Å². The summed E-state index contributed by atoms with van der Waals surface area (Å²) in [6, 6.07) is 23.1. The van der Waals surface area contributed by atoms with Gasteiger partial charge in [-0.05, 0) is 55.0 Å². The van der Waals surface area contributed by atoms with Crippen LogP contribution in [0, 0.1) is 0 Å². The van der Waals surface area contributed by atoms with Crippen LogP contribution in [0.5, 0.6) is 11.5 Å². The van der Waals surface area contributed by atoms with Crippen molar-refractivity contribution in [2.45, 2.75) is 19.6 Å². The van der Waals surface area contributed by atoms with Gasteiger partial charge in [0.05, 0.1) is 6.21 Å². The number of aromatic amines is 1. The molecule has 1 heterocycles. The summed E-state index contributed by atoms with van der Waals surface area (Å²) >= 11 is 3.46. The molecule has 4 aromatic rings. The van der Waals surface area contributed by atoms with Gasteiger partial charge >= 0.3 is 0 Å². The Bertz CT molecular complexity index is 1220. The average molecular weight is 492 g/mol. The minimum atomic E-state index is -0.708. The number of nitrogens with zero attached hydrogens (tertiary/aromatic N) is 1. The number of halogens is 1. The van der Waals surface area contributed by atoms with Crippen molar-refractivity contribution in [2.24, 2.45) is 5.10 Å². The molecule has 6 nitrogen and oxygen atoms in total. The van der Waals surface area contributed by atoms with Gasteiger partial charge in [-0.1, -0.05) is 46.3 Å². The summed E-state index contributed by atoms with van der Waals surface area (Å²) in [6.45, 7) is 2.17. The van der Waals surface area contributed by atoms with E-state index in [1.54, 1.807) is 25.3 Å². The Kier molecular flexibility index (Phi) is 6.87. The highest BCUT2D eigenvalue weighted by molar-refractivity contribution is 9.10. The molecule has 1 aromatic heterocycles. The van der Waals surface area contributed by atoms with Gasteiger partial charge in [0.25, 0.3) is 5.91 Å². The molecule has 0 fully saturated rings. The van der Waals surface area contributed by atoms with Gasteiger partial charge in [-0.15, -0.1) is 0 Å². The highest BCUT2D eigenvalue weighted by Gasteiger charge is 2.14. The molecule has 0 bridgehead atoms. The highest BCUT2D eigenvalue weighted by Crippen LogP contribution is 2.22. The number of ether oxygens (including phenoxy) is 2. The number of hydrogen-bond donors (Lipinski definition) is 2. The molecule has 0 aliphatic carbocycles. The molecular weight excluding hydrogens is 470 g/mol. The van der Waals surface area contributed by atoms with Gasteiger partial charge in [-0.25, -0.2) is 5.43 Å². The highest BCUT2D eigenvalue weighted by atomic mass is 79.9. The monoisotopic (exact) mass is 491 g/mol. The van der Waals surface area contributed by atoms with E-state index in [0.29, 0.717) is 12.4 Å². The molecule has 1 atom stereocenters. The number of hydrazone groups is 1. The first-order valence-electron chi connectivity index (χ1n) is 10.1. The third-order valence-electron chi connectivity index (χ3n) is 4.81. The van der Waals surface area contributed by atoms with Crippen LogP contribution in [0.25, 0.3) is 10.9 Å². The number of rotatable bonds is 8. The fraction of sp³-hybridized carbons (Fsp3) is 0.120. The molecule has 0 saturated carbocycles. The minimum absolute atomic E-state index is 0.341. The number of H-pyrrole nitrogens is 1. The zero-order valence-corrected chi connectivity index (χ0v) is 19.0. The number of benzene rings is 3. The van der Waals surface area contributed by atoms with Crippen LogP contribution in [-0.4, -0.2) is 23.2 Å². The maximum absolute atomic E-state index is 12.3. The van der Waals surface area contributed by atoms with Gasteiger partial charge in [0.1, 0.15) is 18.1 Å². The van der Waals surface area contributed by atoms with Crippen molar-refractivity contribution >= 4 is 39.0 Å². The van der Waals surface area contributed by atoms with Crippen molar-refractivity contribution < 1.29 is 14.3 Å². The maximum atomic E-state index is 12.3. The Morgan fingerprint density at radius 2 is 1.84 bits per heavy atom. The summed E-state index contributed by atoms with van der Waals surface area (Å²) in [7, 11) is 0. The first kappa shape index (κ1) is 21.6. The molecule has 0 radical (unpaired) electrons. The standard InChI is InChI=1S/C25H22BrN3O3/c1-17(25(30)29-28-15-19-14-27-24-12-7-20(26)13-23(19)24)32-22-10-8-21(9-11-22)31-16-18-5-3-2-4-6-18/h2-15,17,27H,16H2,1H3,(H,29,30)/t17-/m1/s1. The van der Waals surface area contributed by atoms with Crippen LogP contribution in [-0.2, 0) is 11.4 Å². The number of aromatic nitrogens is 1. The van der Waals surface area contributed by atoms with Crippen molar-refractivity contribution in [1.29, 1.82) is 0 Å². The summed E-state index contributed by atoms with van der Waals surface area (Å²) in [5, 5.41) is 5.07. The Labute approximate surface area is 194 Å². The first-order chi connectivity index (χ1) is 15.6. The van der Waals surface area contributed by atoms with Crippen molar-refractivity contribution in [2.75, 3.05) is 0 Å². The van der Waals surface area contributed by atoms with Crippen LogP contribution in [0.3, 0.4) is 0 Å². The molecule has 32 heavy (non-hydrogen) atoms. The number of nitrogens with one attached hydrogen (secondary N) is 2. The summed E-state index contributed by atoms with van der Waals surface area (Å²) in [6.07, 6.45) is 2.74. The number of amides is 1.